The number of carboxylic acid groups (broad SMARTS) is 1. The molecule has 98 valence electrons. The number of halogens is 1. The van der Waals surface area contributed by atoms with Gasteiger partial charge in [0.15, 0.2) is 0 Å². The molecule has 0 fully saturated rings. The number of hydrogen-bond donors (Lipinski definition) is 2. The molecule has 0 aliphatic heterocycles. The molecule has 2 N–H and O–H groups in total. The van der Waals surface area contributed by atoms with Crippen LogP contribution < -0.4 is 10.1 Å². The van der Waals surface area contributed by atoms with Gasteiger partial charge in [0.25, 0.3) is 0 Å². The highest BCUT2D eigenvalue weighted by molar-refractivity contribution is 6.32. The Morgan fingerprint density at radius 2 is 2.17 bits per heavy atom. The van der Waals surface area contributed by atoms with Crippen molar-refractivity contribution in [3.8, 4) is 5.75 Å². The fraction of sp³-hybridized carbons (Fsp3) is 0.333. The molecule has 0 radical (unpaired) electrons. The number of nitrogens with one attached hydrogen (secondary N) is 1. The molecule has 0 aliphatic carbocycles. The number of carbonyl (C=O) groups is 2. The van der Waals surface area contributed by atoms with Crippen LogP contribution in [0.1, 0.15) is 12.5 Å². The van der Waals surface area contributed by atoms with Gasteiger partial charge in [-0.15, -0.1) is 0 Å². The van der Waals surface area contributed by atoms with E-state index < -0.39 is 12.0 Å². The summed E-state index contributed by atoms with van der Waals surface area (Å²) >= 11 is 5.87. The molecule has 0 saturated carbocycles. The minimum absolute atomic E-state index is 0.169. The standard InChI is InChI=1S/C12H14ClNO4/c1-7(15)14-10(12(16)17)5-8-3-4-9(13)11(6-8)18-2/h3-4,6,10H,5H2,1-2H3,(H,14,15)(H,16,17)/t10-/m1/s1. The van der Waals surface area contributed by atoms with Crippen molar-refractivity contribution in [3.05, 3.63) is 28.8 Å². The van der Waals surface area contributed by atoms with Crippen molar-refractivity contribution in [2.45, 2.75) is 19.4 Å². The third kappa shape index (κ3) is 3.92. The fourth-order valence-electron chi connectivity index (χ4n) is 1.51. The van der Waals surface area contributed by atoms with Gasteiger partial charge in [-0.25, -0.2) is 4.79 Å². The number of benzene rings is 1. The summed E-state index contributed by atoms with van der Waals surface area (Å²) in [4.78, 5) is 21.9. The zero-order chi connectivity index (χ0) is 13.7. The summed E-state index contributed by atoms with van der Waals surface area (Å²) in [6, 6.07) is 4.01. The normalized spacial score (nSPS) is 11.7. The second kappa shape index (κ2) is 6.26. The summed E-state index contributed by atoms with van der Waals surface area (Å²) in [5.74, 6) is -0.997. The van der Waals surface area contributed by atoms with E-state index in [1.54, 1.807) is 18.2 Å². The van der Waals surface area contributed by atoms with E-state index in [1.165, 1.54) is 14.0 Å². The number of methoxy groups -OCH3 is 1. The highest BCUT2D eigenvalue weighted by Crippen LogP contribution is 2.25. The molecule has 0 heterocycles. The summed E-state index contributed by atoms with van der Waals surface area (Å²) in [7, 11) is 1.48. The monoisotopic (exact) mass is 271 g/mol. The molecule has 6 heteroatoms. The third-order valence-electron chi connectivity index (χ3n) is 2.33. The van der Waals surface area contributed by atoms with Gasteiger partial charge in [0, 0.05) is 13.3 Å². The van der Waals surface area contributed by atoms with Crippen molar-refractivity contribution in [2.75, 3.05) is 7.11 Å². The van der Waals surface area contributed by atoms with E-state index in [2.05, 4.69) is 5.32 Å². The molecular formula is C12H14ClNO4. The molecule has 18 heavy (non-hydrogen) atoms. The second-order valence-electron chi connectivity index (χ2n) is 3.76. The molecule has 1 aromatic carbocycles. The third-order valence-corrected chi connectivity index (χ3v) is 2.64. The maximum atomic E-state index is 11.0. The summed E-state index contributed by atoms with van der Waals surface area (Å²) in [6.07, 6.45) is 0.169. The van der Waals surface area contributed by atoms with Crippen LogP contribution in [0.15, 0.2) is 18.2 Å². The van der Waals surface area contributed by atoms with E-state index in [-0.39, 0.29) is 12.3 Å². The van der Waals surface area contributed by atoms with Gasteiger partial charge in [-0.1, -0.05) is 17.7 Å². The van der Waals surface area contributed by atoms with Crippen molar-refractivity contribution in [2.24, 2.45) is 0 Å². The van der Waals surface area contributed by atoms with Crippen LogP contribution in [0.3, 0.4) is 0 Å². The van der Waals surface area contributed by atoms with Crippen LogP contribution in [-0.4, -0.2) is 30.1 Å². The van der Waals surface area contributed by atoms with E-state index in [9.17, 15) is 9.59 Å². The molecule has 1 rings (SSSR count). The van der Waals surface area contributed by atoms with E-state index in [4.69, 9.17) is 21.4 Å². The number of carboxylic acids is 1. The molecule has 1 amide bonds. The quantitative estimate of drug-likeness (QED) is 0.851. The SMILES string of the molecule is COc1cc(C[C@@H](NC(C)=O)C(=O)O)ccc1Cl. The second-order valence-corrected chi connectivity index (χ2v) is 4.17. The van der Waals surface area contributed by atoms with Gasteiger partial charge < -0.3 is 15.2 Å². The van der Waals surface area contributed by atoms with Crippen molar-refractivity contribution in [3.63, 3.8) is 0 Å². The Kier molecular flexibility index (Phi) is 4.97. The molecule has 1 atom stereocenters. The Balaban J connectivity index is 2.87. The molecule has 0 saturated heterocycles. The van der Waals surface area contributed by atoms with Crippen LogP contribution in [0.2, 0.25) is 5.02 Å². The largest absolute Gasteiger partial charge is 0.495 e. The van der Waals surface area contributed by atoms with E-state index in [0.29, 0.717) is 10.8 Å². The lowest BCUT2D eigenvalue weighted by Gasteiger charge is -2.14. The lowest BCUT2D eigenvalue weighted by Crippen LogP contribution is -2.41. The van der Waals surface area contributed by atoms with Crippen LogP contribution in [0, 0.1) is 0 Å². The van der Waals surface area contributed by atoms with Gasteiger partial charge in [-0.05, 0) is 17.7 Å². The topological polar surface area (TPSA) is 75.6 Å². The number of rotatable bonds is 5. The first-order chi connectivity index (χ1) is 8.43. The Morgan fingerprint density at radius 3 is 2.67 bits per heavy atom. The van der Waals surface area contributed by atoms with Gasteiger partial charge in [0.1, 0.15) is 11.8 Å². The average molecular weight is 272 g/mol. The summed E-state index contributed by atoms with van der Waals surface area (Å²) in [6.45, 7) is 1.28. The predicted molar refractivity (Wildman–Crippen MR) is 66.9 cm³/mol. The van der Waals surface area contributed by atoms with E-state index in [0.717, 1.165) is 5.56 Å². The van der Waals surface area contributed by atoms with E-state index in [1.807, 2.05) is 0 Å². The van der Waals surface area contributed by atoms with Gasteiger partial charge >= 0.3 is 5.97 Å². The predicted octanol–water partition coefficient (Wildman–Crippen LogP) is 1.48. The maximum Gasteiger partial charge on any atom is 0.326 e. The summed E-state index contributed by atoms with van der Waals surface area (Å²) in [5.41, 5.74) is 0.720. The Hall–Kier alpha value is -1.75. The number of aliphatic carboxylic acids is 1. The summed E-state index contributed by atoms with van der Waals surface area (Å²) < 4.78 is 5.04. The number of hydrogen-bond acceptors (Lipinski definition) is 3. The zero-order valence-corrected chi connectivity index (χ0v) is 10.8. The first kappa shape index (κ1) is 14.3. The van der Waals surface area contributed by atoms with Crippen molar-refractivity contribution >= 4 is 23.5 Å². The minimum atomic E-state index is -1.08. The first-order valence-electron chi connectivity index (χ1n) is 5.26. The van der Waals surface area contributed by atoms with Gasteiger partial charge in [-0.3, -0.25) is 4.79 Å². The molecule has 0 aliphatic rings. The van der Waals surface area contributed by atoms with Crippen molar-refractivity contribution in [1.82, 2.24) is 5.32 Å². The summed E-state index contributed by atoms with van der Waals surface area (Å²) in [5, 5.41) is 11.8. The van der Waals surface area contributed by atoms with Crippen LogP contribution >= 0.6 is 11.6 Å². The zero-order valence-electron chi connectivity index (χ0n) is 10.1. The molecule has 0 spiro atoms. The van der Waals surface area contributed by atoms with Crippen molar-refractivity contribution in [1.29, 1.82) is 0 Å². The van der Waals surface area contributed by atoms with Crippen LogP contribution in [0.5, 0.6) is 5.75 Å². The lowest BCUT2D eigenvalue weighted by molar-refractivity contribution is -0.141. The molecule has 0 unspecified atom stereocenters. The lowest BCUT2D eigenvalue weighted by atomic mass is 10.1. The molecule has 1 aromatic rings. The minimum Gasteiger partial charge on any atom is -0.495 e. The molecular weight excluding hydrogens is 258 g/mol. The molecule has 0 bridgehead atoms. The number of carbonyl (C=O) groups excluding carboxylic acids is 1. The van der Waals surface area contributed by atoms with Gasteiger partial charge in [0.05, 0.1) is 12.1 Å². The molecule has 0 aromatic heterocycles. The Bertz CT molecular complexity index is 461. The smallest absolute Gasteiger partial charge is 0.326 e. The first-order valence-corrected chi connectivity index (χ1v) is 5.64. The Morgan fingerprint density at radius 1 is 1.50 bits per heavy atom. The molecule has 5 nitrogen and oxygen atoms in total. The van der Waals surface area contributed by atoms with Gasteiger partial charge in [0.2, 0.25) is 5.91 Å². The van der Waals surface area contributed by atoms with Crippen LogP contribution in [0.4, 0.5) is 0 Å². The van der Waals surface area contributed by atoms with Crippen LogP contribution in [0.25, 0.3) is 0 Å². The number of ether oxygens (including phenoxy) is 1. The average Bonchev–Trinajstić information content (AvgIpc) is 2.29. The van der Waals surface area contributed by atoms with E-state index >= 15 is 0 Å². The fourth-order valence-corrected chi connectivity index (χ4v) is 1.71. The highest BCUT2D eigenvalue weighted by Gasteiger charge is 2.19. The van der Waals surface area contributed by atoms with Gasteiger partial charge in [-0.2, -0.15) is 0 Å². The number of amides is 1. The van der Waals surface area contributed by atoms with Crippen LogP contribution in [-0.2, 0) is 16.0 Å². The van der Waals surface area contributed by atoms with Crippen molar-refractivity contribution < 1.29 is 19.4 Å². The Labute approximate surface area is 110 Å². The maximum absolute atomic E-state index is 11.0. The highest BCUT2D eigenvalue weighted by atomic mass is 35.5.